The fraction of sp³-hybridized carbons (Fsp3) is 0.125. The number of nitrogens with one attached hydrogen (secondary N) is 1. The van der Waals surface area contributed by atoms with Gasteiger partial charge >= 0.3 is 0 Å². The third-order valence-electron chi connectivity index (χ3n) is 5.28. The van der Waals surface area contributed by atoms with Crippen LogP contribution in [0.1, 0.15) is 18.2 Å². The van der Waals surface area contributed by atoms with Crippen molar-refractivity contribution >= 4 is 46.6 Å². The molecule has 1 fully saturated rings. The number of ether oxygens (including phenoxy) is 1. The number of benzene rings is 2. The molecule has 1 aliphatic rings. The Labute approximate surface area is 199 Å². The summed E-state index contributed by atoms with van der Waals surface area (Å²) in [6.45, 7) is 2.02. The molecule has 0 aliphatic carbocycles. The van der Waals surface area contributed by atoms with E-state index in [-0.39, 0.29) is 27.9 Å². The van der Waals surface area contributed by atoms with Gasteiger partial charge in [-0.05, 0) is 60.6 Å². The molecule has 0 atom stereocenters. The molecule has 10 heteroatoms. The van der Waals surface area contributed by atoms with Crippen LogP contribution in [0.15, 0.2) is 64.6 Å². The van der Waals surface area contributed by atoms with Crippen LogP contribution in [0.4, 0.5) is 11.4 Å². The van der Waals surface area contributed by atoms with Crippen LogP contribution in [0.3, 0.4) is 0 Å². The van der Waals surface area contributed by atoms with Crippen LogP contribution in [0, 0.1) is 10.1 Å². The number of hydrogen-bond acceptors (Lipinski definition) is 7. The second-order valence-electron chi connectivity index (χ2n) is 7.32. The van der Waals surface area contributed by atoms with Gasteiger partial charge in [0.15, 0.2) is 5.11 Å². The summed E-state index contributed by atoms with van der Waals surface area (Å²) in [5.41, 5.74) is 1.69. The smallest absolute Gasteiger partial charge is 0.270 e. The van der Waals surface area contributed by atoms with Crippen LogP contribution in [0.5, 0.6) is 5.75 Å². The van der Waals surface area contributed by atoms with Crippen molar-refractivity contribution < 1.29 is 23.7 Å². The number of hydrogen-bond donors (Lipinski definition) is 1. The Bertz CT molecular complexity index is 1340. The molecule has 9 nitrogen and oxygen atoms in total. The Morgan fingerprint density at radius 2 is 1.88 bits per heavy atom. The van der Waals surface area contributed by atoms with Crippen molar-refractivity contribution in [3.05, 3.63) is 81.6 Å². The van der Waals surface area contributed by atoms with Crippen molar-refractivity contribution in [3.8, 4) is 17.1 Å². The molecule has 2 amide bonds. The number of nitro benzene ring substituents is 1. The summed E-state index contributed by atoms with van der Waals surface area (Å²) in [6.07, 6.45) is 2.15. The fourth-order valence-electron chi connectivity index (χ4n) is 3.49. The SMILES string of the molecule is CCc1ccc(N2C(=O)C(=Cc3ccc(-c4cc([N+](=O)[O-])ccc4OC)o3)C(=O)NC2=S)cc1. The minimum atomic E-state index is -0.651. The molecule has 4 rings (SSSR count). The number of aryl methyl sites for hydroxylation is 1. The minimum Gasteiger partial charge on any atom is -0.496 e. The van der Waals surface area contributed by atoms with Crippen molar-refractivity contribution in [2.75, 3.05) is 12.0 Å². The van der Waals surface area contributed by atoms with Gasteiger partial charge in [-0.25, -0.2) is 0 Å². The van der Waals surface area contributed by atoms with E-state index in [1.165, 1.54) is 36.3 Å². The molecule has 1 saturated heterocycles. The minimum absolute atomic E-state index is 0.0159. The molecule has 0 saturated carbocycles. The molecule has 0 unspecified atom stereocenters. The molecule has 0 bridgehead atoms. The summed E-state index contributed by atoms with van der Waals surface area (Å²) >= 11 is 5.22. The molecule has 1 aliphatic heterocycles. The first-order valence-corrected chi connectivity index (χ1v) is 10.7. The van der Waals surface area contributed by atoms with Crippen molar-refractivity contribution in [1.82, 2.24) is 5.32 Å². The Morgan fingerprint density at radius 3 is 2.53 bits per heavy atom. The lowest BCUT2D eigenvalue weighted by molar-refractivity contribution is -0.384. The fourth-order valence-corrected chi connectivity index (χ4v) is 3.77. The third kappa shape index (κ3) is 4.30. The Kier molecular flexibility index (Phi) is 6.24. The lowest BCUT2D eigenvalue weighted by Crippen LogP contribution is -2.54. The van der Waals surface area contributed by atoms with Gasteiger partial charge in [0.1, 0.15) is 22.8 Å². The van der Waals surface area contributed by atoms with Crippen molar-refractivity contribution in [2.24, 2.45) is 0 Å². The molecule has 3 aromatic rings. The molecule has 172 valence electrons. The van der Waals surface area contributed by atoms with Gasteiger partial charge in [-0.3, -0.25) is 29.9 Å². The molecule has 2 aromatic carbocycles. The summed E-state index contributed by atoms with van der Waals surface area (Å²) in [4.78, 5) is 37.6. The summed E-state index contributed by atoms with van der Waals surface area (Å²) in [6, 6.07) is 14.5. The van der Waals surface area contributed by atoms with Crippen molar-refractivity contribution in [2.45, 2.75) is 13.3 Å². The zero-order chi connectivity index (χ0) is 24.4. The average molecular weight is 477 g/mol. The number of non-ortho nitro benzene ring substituents is 1. The molecular formula is C24H19N3O6S. The third-order valence-corrected chi connectivity index (χ3v) is 5.56. The highest BCUT2D eigenvalue weighted by Crippen LogP contribution is 2.35. The lowest BCUT2D eigenvalue weighted by Gasteiger charge is -2.28. The molecular weight excluding hydrogens is 458 g/mol. The van der Waals surface area contributed by atoms with E-state index in [1.54, 1.807) is 24.3 Å². The predicted molar refractivity (Wildman–Crippen MR) is 129 cm³/mol. The second kappa shape index (κ2) is 9.28. The first kappa shape index (κ1) is 22.9. The number of furan rings is 1. The zero-order valence-electron chi connectivity index (χ0n) is 18.2. The summed E-state index contributed by atoms with van der Waals surface area (Å²) in [7, 11) is 1.44. The summed E-state index contributed by atoms with van der Waals surface area (Å²) in [5, 5.41) is 13.7. The highest BCUT2D eigenvalue weighted by Gasteiger charge is 2.34. The zero-order valence-corrected chi connectivity index (χ0v) is 19.0. The average Bonchev–Trinajstić information content (AvgIpc) is 3.30. The first-order valence-electron chi connectivity index (χ1n) is 10.3. The Hall–Kier alpha value is -4.31. The Morgan fingerprint density at radius 1 is 1.15 bits per heavy atom. The number of carbonyl (C=O) groups excluding carboxylic acids is 2. The van der Waals surface area contributed by atoms with E-state index in [9.17, 15) is 19.7 Å². The molecule has 1 N–H and O–H groups in total. The van der Waals surface area contributed by atoms with Crippen molar-refractivity contribution in [1.29, 1.82) is 0 Å². The maximum Gasteiger partial charge on any atom is 0.270 e. The van der Waals surface area contributed by atoms with Gasteiger partial charge in [0.25, 0.3) is 17.5 Å². The number of amides is 2. The highest BCUT2D eigenvalue weighted by molar-refractivity contribution is 7.80. The number of methoxy groups -OCH3 is 1. The van der Waals surface area contributed by atoms with E-state index in [2.05, 4.69) is 5.32 Å². The molecule has 0 radical (unpaired) electrons. The van der Waals surface area contributed by atoms with E-state index in [4.69, 9.17) is 21.4 Å². The Balaban J connectivity index is 1.68. The van der Waals surface area contributed by atoms with Gasteiger partial charge in [0, 0.05) is 12.1 Å². The highest BCUT2D eigenvalue weighted by atomic mass is 32.1. The van der Waals surface area contributed by atoms with Gasteiger partial charge < -0.3 is 9.15 Å². The lowest BCUT2D eigenvalue weighted by atomic mass is 10.1. The first-order chi connectivity index (χ1) is 16.3. The monoisotopic (exact) mass is 477 g/mol. The van der Waals surface area contributed by atoms with E-state index >= 15 is 0 Å². The molecule has 0 spiro atoms. The maximum atomic E-state index is 13.2. The van der Waals surface area contributed by atoms with Gasteiger partial charge in [-0.2, -0.15) is 0 Å². The van der Waals surface area contributed by atoms with Crippen LogP contribution in [0.2, 0.25) is 0 Å². The standard InChI is InChI=1S/C24H19N3O6S/c1-3-14-4-6-15(7-5-14)26-23(29)19(22(28)25-24(26)34)13-17-9-11-21(33-17)18-12-16(27(30)31)8-10-20(18)32-2/h4-13H,3H2,1-2H3,(H,25,28,34). The van der Waals surface area contributed by atoms with Gasteiger partial charge in [-0.1, -0.05) is 19.1 Å². The number of nitro groups is 1. The van der Waals surface area contributed by atoms with E-state index in [0.717, 1.165) is 12.0 Å². The van der Waals surface area contributed by atoms with Crippen LogP contribution in [-0.2, 0) is 16.0 Å². The van der Waals surface area contributed by atoms with Crippen molar-refractivity contribution in [3.63, 3.8) is 0 Å². The number of nitrogens with zero attached hydrogens (tertiary/aromatic N) is 2. The quantitative estimate of drug-likeness (QED) is 0.185. The van der Waals surface area contributed by atoms with Gasteiger partial charge in [-0.15, -0.1) is 0 Å². The van der Waals surface area contributed by atoms with E-state index in [0.29, 0.717) is 17.0 Å². The van der Waals surface area contributed by atoms with Crippen LogP contribution < -0.4 is 15.0 Å². The summed E-state index contributed by atoms with van der Waals surface area (Å²) < 4.78 is 11.1. The van der Waals surface area contributed by atoms with Crippen LogP contribution >= 0.6 is 12.2 Å². The topological polar surface area (TPSA) is 115 Å². The van der Waals surface area contributed by atoms with Gasteiger partial charge in [0.05, 0.1) is 23.3 Å². The molecule has 34 heavy (non-hydrogen) atoms. The normalized spacial score (nSPS) is 14.9. The number of anilines is 1. The predicted octanol–water partition coefficient (Wildman–Crippen LogP) is 4.26. The maximum absolute atomic E-state index is 13.2. The van der Waals surface area contributed by atoms with Crippen LogP contribution in [0.25, 0.3) is 17.4 Å². The van der Waals surface area contributed by atoms with Crippen LogP contribution in [-0.4, -0.2) is 29.0 Å². The number of carbonyl (C=O) groups is 2. The van der Waals surface area contributed by atoms with E-state index < -0.39 is 16.7 Å². The largest absolute Gasteiger partial charge is 0.496 e. The van der Waals surface area contributed by atoms with Gasteiger partial charge in [0.2, 0.25) is 0 Å². The van der Waals surface area contributed by atoms with E-state index in [1.807, 2.05) is 19.1 Å². The summed E-state index contributed by atoms with van der Waals surface area (Å²) in [5.74, 6) is -0.390. The number of thiocarbonyl (C=S) groups is 1. The number of rotatable bonds is 6. The molecule has 2 heterocycles. The second-order valence-corrected chi connectivity index (χ2v) is 7.71. The molecule has 1 aromatic heterocycles.